The Labute approximate surface area is 266 Å². The fourth-order valence-electron chi connectivity index (χ4n) is 6.54. The molecule has 3 atom stereocenters. The lowest BCUT2D eigenvalue weighted by Gasteiger charge is -2.33. The molecular weight excluding hydrogens is 564 g/mol. The maximum Gasteiger partial charge on any atom is 0.119 e. The van der Waals surface area contributed by atoms with E-state index in [1.807, 2.05) is 0 Å². The Kier molecular flexibility index (Phi) is 9.45. The molecular formula is C39H42O6. The largest absolute Gasteiger partial charge is 0.494 e. The predicted octanol–water partition coefficient (Wildman–Crippen LogP) is 6.93. The van der Waals surface area contributed by atoms with Crippen LogP contribution in [0.5, 0.6) is 11.5 Å². The second-order valence-electron chi connectivity index (χ2n) is 12.2. The Balaban J connectivity index is 1.10. The number of hydrogen-bond acceptors (Lipinski definition) is 6. The molecule has 3 aliphatic rings. The first kappa shape index (κ1) is 30.0. The molecule has 4 aromatic carbocycles. The number of benzene rings is 4. The average Bonchev–Trinajstić information content (AvgIpc) is 4.04. The zero-order chi connectivity index (χ0) is 30.3. The van der Waals surface area contributed by atoms with E-state index in [1.54, 1.807) is 0 Å². The first-order chi connectivity index (χ1) is 22.3. The second kappa shape index (κ2) is 14.2. The van der Waals surface area contributed by atoms with E-state index in [4.69, 9.17) is 28.4 Å². The van der Waals surface area contributed by atoms with Gasteiger partial charge in [0.15, 0.2) is 0 Å². The Morgan fingerprint density at radius 3 is 1.62 bits per heavy atom. The third-order valence-corrected chi connectivity index (χ3v) is 9.02. The van der Waals surface area contributed by atoms with Crippen LogP contribution in [0.15, 0.2) is 103 Å². The summed E-state index contributed by atoms with van der Waals surface area (Å²) in [7, 11) is 0. The van der Waals surface area contributed by atoms with Crippen molar-refractivity contribution in [3.8, 4) is 11.5 Å². The topological polar surface area (TPSA) is 62.0 Å². The molecule has 0 N–H and O–H groups in total. The minimum absolute atomic E-state index is 0.288. The summed E-state index contributed by atoms with van der Waals surface area (Å²) in [5, 5.41) is 0. The fraction of sp³-hybridized carbons (Fsp3) is 0.385. The summed E-state index contributed by atoms with van der Waals surface area (Å²) in [6.45, 7) is 5.62. The van der Waals surface area contributed by atoms with Gasteiger partial charge < -0.3 is 28.4 Å². The van der Waals surface area contributed by atoms with E-state index in [0.29, 0.717) is 51.8 Å². The molecule has 1 aliphatic carbocycles. The van der Waals surface area contributed by atoms with Crippen LogP contribution in [0, 0.1) is 0 Å². The number of rotatable bonds is 17. The van der Waals surface area contributed by atoms with E-state index >= 15 is 0 Å². The lowest BCUT2D eigenvalue weighted by Crippen LogP contribution is -2.27. The maximum atomic E-state index is 6.09. The van der Waals surface area contributed by atoms with Crippen molar-refractivity contribution < 1.29 is 28.4 Å². The summed E-state index contributed by atoms with van der Waals surface area (Å²) < 4.78 is 33.9. The lowest BCUT2D eigenvalue weighted by atomic mass is 9.69. The lowest BCUT2D eigenvalue weighted by molar-refractivity contribution is 0.104. The molecule has 0 amide bonds. The van der Waals surface area contributed by atoms with Crippen molar-refractivity contribution >= 4 is 0 Å². The molecule has 2 saturated heterocycles. The van der Waals surface area contributed by atoms with Crippen molar-refractivity contribution in [3.63, 3.8) is 0 Å². The molecule has 7 rings (SSSR count). The van der Waals surface area contributed by atoms with Crippen molar-refractivity contribution in [1.82, 2.24) is 0 Å². The maximum absolute atomic E-state index is 6.09. The van der Waals surface area contributed by atoms with Crippen molar-refractivity contribution in [2.24, 2.45) is 0 Å². The van der Waals surface area contributed by atoms with Gasteiger partial charge in [0.1, 0.15) is 23.7 Å². The zero-order valence-corrected chi connectivity index (χ0v) is 25.8. The second-order valence-corrected chi connectivity index (χ2v) is 12.2. The van der Waals surface area contributed by atoms with Crippen LogP contribution < -0.4 is 9.47 Å². The van der Waals surface area contributed by atoms with Gasteiger partial charge in [0.25, 0.3) is 0 Å². The molecule has 2 fully saturated rings. The first-order valence-corrected chi connectivity index (χ1v) is 16.3. The first-order valence-electron chi connectivity index (χ1n) is 16.3. The predicted molar refractivity (Wildman–Crippen MR) is 173 cm³/mol. The van der Waals surface area contributed by atoms with Gasteiger partial charge in [-0.05, 0) is 58.5 Å². The molecule has 0 aromatic heterocycles. The fourth-order valence-corrected chi connectivity index (χ4v) is 6.54. The van der Waals surface area contributed by atoms with E-state index in [2.05, 4.69) is 103 Å². The number of ether oxygens (including phenoxy) is 6. The summed E-state index contributed by atoms with van der Waals surface area (Å²) >= 11 is 0. The van der Waals surface area contributed by atoms with Gasteiger partial charge in [0.05, 0.1) is 39.6 Å². The van der Waals surface area contributed by atoms with Crippen molar-refractivity contribution in [2.75, 3.05) is 52.9 Å². The molecule has 0 bridgehead atoms. The Bertz CT molecular complexity index is 1430. The smallest absolute Gasteiger partial charge is 0.119 e. The van der Waals surface area contributed by atoms with E-state index < -0.39 is 0 Å². The van der Waals surface area contributed by atoms with Gasteiger partial charge in [-0.1, -0.05) is 78.9 Å². The zero-order valence-electron chi connectivity index (χ0n) is 25.8. The molecule has 234 valence electrons. The SMILES string of the molecule is c1ccc(C2CC(c3ccc(OCCCOCC4CO4)cc3)(c3ccc(OCCCOCC4CO4)cc3)c3ccccc32)cc1. The van der Waals surface area contributed by atoms with Crippen LogP contribution in [0.2, 0.25) is 0 Å². The molecule has 45 heavy (non-hydrogen) atoms. The standard InChI is InChI=1S/C39H42O6/c1-2-8-29(9-3-1)37-24-39(38-11-5-4-10-36(37)38,30-12-16-32(17-13-30)42-22-6-20-40-25-34-27-44-34)31-14-18-33(19-15-31)43-23-7-21-41-26-35-28-45-35/h1-5,8-19,34-35,37H,6-7,20-28H2. The van der Waals surface area contributed by atoms with Gasteiger partial charge in [0, 0.05) is 37.4 Å². The van der Waals surface area contributed by atoms with Crippen LogP contribution >= 0.6 is 0 Å². The Morgan fingerprint density at radius 2 is 1.09 bits per heavy atom. The molecule has 3 unspecified atom stereocenters. The third-order valence-electron chi connectivity index (χ3n) is 9.02. The molecule has 0 spiro atoms. The highest BCUT2D eigenvalue weighted by molar-refractivity contribution is 5.60. The molecule has 0 saturated carbocycles. The molecule has 6 nitrogen and oxygen atoms in total. The van der Waals surface area contributed by atoms with Crippen molar-refractivity contribution in [1.29, 1.82) is 0 Å². The van der Waals surface area contributed by atoms with Gasteiger partial charge >= 0.3 is 0 Å². The quantitative estimate of drug-likeness (QED) is 0.0960. The van der Waals surface area contributed by atoms with E-state index in [1.165, 1.54) is 27.8 Å². The highest BCUT2D eigenvalue weighted by atomic mass is 16.6. The summed E-state index contributed by atoms with van der Waals surface area (Å²) in [4.78, 5) is 0. The Morgan fingerprint density at radius 1 is 0.578 bits per heavy atom. The van der Waals surface area contributed by atoms with Crippen LogP contribution in [-0.4, -0.2) is 65.1 Å². The van der Waals surface area contributed by atoms with Gasteiger partial charge in [-0.3, -0.25) is 0 Å². The van der Waals surface area contributed by atoms with Gasteiger partial charge in [-0.15, -0.1) is 0 Å². The van der Waals surface area contributed by atoms with E-state index in [-0.39, 0.29) is 11.3 Å². The van der Waals surface area contributed by atoms with Gasteiger partial charge in [0.2, 0.25) is 0 Å². The van der Waals surface area contributed by atoms with Crippen LogP contribution in [0.3, 0.4) is 0 Å². The third kappa shape index (κ3) is 7.26. The summed E-state index contributed by atoms with van der Waals surface area (Å²) in [6.07, 6.45) is 3.24. The minimum Gasteiger partial charge on any atom is -0.494 e. The van der Waals surface area contributed by atoms with Crippen molar-refractivity contribution in [3.05, 3.63) is 131 Å². The van der Waals surface area contributed by atoms with Gasteiger partial charge in [-0.2, -0.15) is 0 Å². The molecule has 0 radical (unpaired) electrons. The monoisotopic (exact) mass is 606 g/mol. The van der Waals surface area contributed by atoms with Crippen LogP contribution in [0.25, 0.3) is 0 Å². The van der Waals surface area contributed by atoms with Gasteiger partial charge in [-0.25, -0.2) is 0 Å². The van der Waals surface area contributed by atoms with E-state index in [9.17, 15) is 0 Å². The van der Waals surface area contributed by atoms with E-state index in [0.717, 1.165) is 44.0 Å². The summed E-state index contributed by atoms with van der Waals surface area (Å²) in [6, 6.07) is 37.3. The normalized spacial score (nSPS) is 23.0. The number of fused-ring (bicyclic) bond motifs is 1. The van der Waals surface area contributed by atoms with Crippen LogP contribution in [-0.2, 0) is 24.4 Å². The molecule has 2 aliphatic heterocycles. The highest BCUT2D eigenvalue weighted by Gasteiger charge is 2.46. The van der Waals surface area contributed by atoms with Crippen LogP contribution in [0.1, 0.15) is 53.0 Å². The Hall–Kier alpha value is -3.68. The molecule has 4 aromatic rings. The molecule has 2 heterocycles. The van der Waals surface area contributed by atoms with Crippen LogP contribution in [0.4, 0.5) is 0 Å². The highest BCUT2D eigenvalue weighted by Crippen LogP contribution is 2.56. The van der Waals surface area contributed by atoms with Crippen molar-refractivity contribution in [2.45, 2.75) is 42.8 Å². The average molecular weight is 607 g/mol. The minimum atomic E-state index is -0.314. The molecule has 6 heteroatoms. The number of hydrogen-bond donors (Lipinski definition) is 0. The number of epoxide rings is 2. The summed E-state index contributed by atoms with van der Waals surface area (Å²) in [5.74, 6) is 2.04. The summed E-state index contributed by atoms with van der Waals surface area (Å²) in [5.41, 5.74) is 6.30.